The van der Waals surface area contributed by atoms with Crippen LogP contribution in [0.3, 0.4) is 0 Å². The number of aromatic nitrogens is 2. The number of rotatable bonds is 5. The Morgan fingerprint density at radius 2 is 1.90 bits per heavy atom. The molecule has 2 aromatic rings. The SMILES string of the molecule is CCn1nc(C)c(Cl)c1CC(=O)Cc1c(F)cccc1F. The topological polar surface area (TPSA) is 34.9 Å². The summed E-state index contributed by atoms with van der Waals surface area (Å²) in [5, 5.41) is 4.64. The quantitative estimate of drug-likeness (QED) is 0.847. The molecule has 112 valence electrons. The maximum Gasteiger partial charge on any atom is 0.143 e. The molecule has 21 heavy (non-hydrogen) atoms. The van der Waals surface area contributed by atoms with Crippen LogP contribution in [-0.4, -0.2) is 15.6 Å². The van der Waals surface area contributed by atoms with Crippen LogP contribution >= 0.6 is 11.6 Å². The van der Waals surface area contributed by atoms with Gasteiger partial charge in [-0.05, 0) is 26.0 Å². The Hall–Kier alpha value is -1.75. The fourth-order valence-corrected chi connectivity index (χ4v) is 2.39. The molecule has 0 aliphatic heterocycles. The second kappa shape index (κ2) is 6.35. The molecule has 0 bridgehead atoms. The molecule has 1 aromatic carbocycles. The van der Waals surface area contributed by atoms with Crippen LogP contribution < -0.4 is 0 Å². The molecule has 3 nitrogen and oxygen atoms in total. The number of hydrogen-bond donors (Lipinski definition) is 0. The molecule has 0 radical (unpaired) electrons. The summed E-state index contributed by atoms with van der Waals surface area (Å²) in [4.78, 5) is 12.1. The van der Waals surface area contributed by atoms with Gasteiger partial charge < -0.3 is 0 Å². The van der Waals surface area contributed by atoms with Crippen LogP contribution in [0.25, 0.3) is 0 Å². The molecule has 0 aliphatic rings. The molecule has 1 aromatic heterocycles. The van der Waals surface area contributed by atoms with Gasteiger partial charge in [0.2, 0.25) is 0 Å². The van der Waals surface area contributed by atoms with Gasteiger partial charge in [0.05, 0.1) is 22.8 Å². The van der Waals surface area contributed by atoms with E-state index in [9.17, 15) is 13.6 Å². The predicted octanol–water partition coefficient (Wildman–Crippen LogP) is 3.50. The van der Waals surface area contributed by atoms with Gasteiger partial charge in [-0.25, -0.2) is 8.78 Å². The Labute approximate surface area is 126 Å². The van der Waals surface area contributed by atoms with Gasteiger partial charge >= 0.3 is 0 Å². The Morgan fingerprint density at radius 3 is 2.48 bits per heavy atom. The van der Waals surface area contributed by atoms with E-state index in [1.54, 1.807) is 11.6 Å². The van der Waals surface area contributed by atoms with E-state index in [4.69, 9.17) is 11.6 Å². The lowest BCUT2D eigenvalue weighted by Crippen LogP contribution is -2.13. The molecule has 0 N–H and O–H groups in total. The minimum absolute atomic E-state index is 0.00128. The van der Waals surface area contributed by atoms with Crippen LogP contribution in [0.4, 0.5) is 8.78 Å². The molecule has 0 aliphatic carbocycles. The van der Waals surface area contributed by atoms with Crippen molar-refractivity contribution in [1.29, 1.82) is 0 Å². The van der Waals surface area contributed by atoms with Crippen molar-refractivity contribution in [2.24, 2.45) is 0 Å². The first kappa shape index (κ1) is 15.6. The lowest BCUT2D eigenvalue weighted by atomic mass is 10.0. The van der Waals surface area contributed by atoms with E-state index >= 15 is 0 Å². The van der Waals surface area contributed by atoms with Gasteiger partial charge in [-0.1, -0.05) is 17.7 Å². The largest absolute Gasteiger partial charge is 0.299 e. The second-order valence-electron chi connectivity index (χ2n) is 4.75. The highest BCUT2D eigenvalue weighted by atomic mass is 35.5. The molecule has 0 fully saturated rings. The summed E-state index contributed by atoms with van der Waals surface area (Å²) in [6.07, 6.45) is -0.302. The average Bonchev–Trinajstić information content (AvgIpc) is 2.71. The highest BCUT2D eigenvalue weighted by Crippen LogP contribution is 2.22. The predicted molar refractivity (Wildman–Crippen MR) is 76.4 cm³/mol. The number of benzene rings is 1. The molecule has 6 heteroatoms. The second-order valence-corrected chi connectivity index (χ2v) is 5.13. The van der Waals surface area contributed by atoms with Gasteiger partial charge in [0.25, 0.3) is 0 Å². The highest BCUT2D eigenvalue weighted by Gasteiger charge is 2.18. The maximum atomic E-state index is 13.5. The number of nitrogens with zero attached hydrogens (tertiary/aromatic N) is 2. The molecule has 0 saturated carbocycles. The van der Waals surface area contributed by atoms with E-state index < -0.39 is 11.6 Å². The van der Waals surface area contributed by atoms with Gasteiger partial charge in [0.15, 0.2) is 0 Å². The van der Waals surface area contributed by atoms with Crippen molar-refractivity contribution in [2.45, 2.75) is 33.2 Å². The fraction of sp³-hybridized carbons (Fsp3) is 0.333. The summed E-state index contributed by atoms with van der Waals surface area (Å²) >= 11 is 6.12. The van der Waals surface area contributed by atoms with Crippen LogP contribution in [-0.2, 0) is 24.2 Å². The van der Waals surface area contributed by atoms with Gasteiger partial charge in [-0.15, -0.1) is 0 Å². The molecule has 0 unspecified atom stereocenters. The first-order chi connectivity index (χ1) is 9.93. The number of ketones is 1. The Balaban J connectivity index is 2.20. The van der Waals surface area contributed by atoms with Crippen LogP contribution in [0.15, 0.2) is 18.2 Å². The Bertz CT molecular complexity index is 662. The summed E-state index contributed by atoms with van der Waals surface area (Å²) in [6, 6.07) is 3.54. The van der Waals surface area contributed by atoms with E-state index in [0.717, 1.165) is 12.1 Å². The highest BCUT2D eigenvalue weighted by molar-refractivity contribution is 6.32. The van der Waals surface area contributed by atoms with Crippen LogP contribution in [0.2, 0.25) is 5.02 Å². The smallest absolute Gasteiger partial charge is 0.143 e. The maximum absolute atomic E-state index is 13.5. The molecule has 0 amide bonds. The summed E-state index contributed by atoms with van der Waals surface area (Å²) in [5.41, 5.74) is 1.01. The lowest BCUT2D eigenvalue weighted by Gasteiger charge is -2.06. The minimum atomic E-state index is -0.713. The normalized spacial score (nSPS) is 10.9. The number of aryl methyl sites for hydroxylation is 2. The van der Waals surface area contributed by atoms with Crippen molar-refractivity contribution >= 4 is 17.4 Å². The molecule has 1 heterocycles. The zero-order valence-corrected chi connectivity index (χ0v) is 12.5. The van der Waals surface area contributed by atoms with E-state index in [2.05, 4.69) is 5.10 Å². The van der Waals surface area contributed by atoms with Crippen molar-refractivity contribution in [3.8, 4) is 0 Å². The Kier molecular flexibility index (Phi) is 4.73. The summed E-state index contributed by atoms with van der Waals surface area (Å²) < 4.78 is 28.7. The van der Waals surface area contributed by atoms with E-state index in [0.29, 0.717) is 23.0 Å². The molecular formula is C15H15ClF2N2O. The van der Waals surface area contributed by atoms with Crippen LogP contribution in [0.1, 0.15) is 23.9 Å². The number of hydrogen-bond acceptors (Lipinski definition) is 2. The van der Waals surface area contributed by atoms with Crippen molar-refractivity contribution < 1.29 is 13.6 Å². The first-order valence-electron chi connectivity index (χ1n) is 6.60. The number of halogens is 3. The average molecular weight is 313 g/mol. The summed E-state index contributed by atoms with van der Waals surface area (Å²) in [7, 11) is 0. The van der Waals surface area contributed by atoms with Crippen molar-refractivity contribution in [3.05, 3.63) is 51.8 Å². The van der Waals surface area contributed by atoms with Gasteiger partial charge in [-0.2, -0.15) is 5.10 Å². The molecule has 2 rings (SSSR count). The number of carbonyl (C=O) groups excluding carboxylic acids is 1. The third-order valence-electron chi connectivity index (χ3n) is 3.25. The molecular weight excluding hydrogens is 298 g/mol. The van der Waals surface area contributed by atoms with Crippen LogP contribution in [0.5, 0.6) is 0 Å². The van der Waals surface area contributed by atoms with E-state index in [1.165, 1.54) is 6.07 Å². The van der Waals surface area contributed by atoms with Crippen molar-refractivity contribution in [1.82, 2.24) is 9.78 Å². The number of Topliss-reactive ketones (excluding diaryl/α,β-unsaturated/α-hetero) is 1. The fourth-order valence-electron chi connectivity index (χ4n) is 2.19. The zero-order valence-electron chi connectivity index (χ0n) is 11.8. The summed E-state index contributed by atoms with van der Waals surface area (Å²) in [5.74, 6) is -1.74. The van der Waals surface area contributed by atoms with Crippen LogP contribution in [0, 0.1) is 18.6 Å². The molecule has 0 saturated heterocycles. The Morgan fingerprint density at radius 1 is 1.29 bits per heavy atom. The minimum Gasteiger partial charge on any atom is -0.299 e. The third kappa shape index (κ3) is 3.29. The molecule has 0 atom stereocenters. The standard InChI is InChI=1S/C15H15ClF2N2O/c1-3-20-14(15(16)9(2)19-20)8-10(21)7-11-12(17)5-4-6-13(11)18/h4-6H,3,7-8H2,1-2H3. The van der Waals surface area contributed by atoms with E-state index in [-0.39, 0.29) is 24.2 Å². The number of carbonyl (C=O) groups is 1. The van der Waals surface area contributed by atoms with Gasteiger partial charge in [0, 0.05) is 18.5 Å². The zero-order chi connectivity index (χ0) is 15.6. The van der Waals surface area contributed by atoms with Gasteiger partial charge in [-0.3, -0.25) is 9.48 Å². The van der Waals surface area contributed by atoms with E-state index in [1.807, 2.05) is 6.92 Å². The lowest BCUT2D eigenvalue weighted by molar-refractivity contribution is -0.118. The van der Waals surface area contributed by atoms with Crippen molar-refractivity contribution in [3.63, 3.8) is 0 Å². The first-order valence-corrected chi connectivity index (χ1v) is 6.98. The van der Waals surface area contributed by atoms with Gasteiger partial charge in [0.1, 0.15) is 17.4 Å². The monoisotopic (exact) mass is 312 g/mol. The summed E-state index contributed by atoms with van der Waals surface area (Å²) in [6.45, 7) is 4.20. The third-order valence-corrected chi connectivity index (χ3v) is 3.74. The van der Waals surface area contributed by atoms with Crippen molar-refractivity contribution in [2.75, 3.05) is 0 Å². The molecule has 0 spiro atoms.